The molecule has 0 saturated heterocycles. The molecule has 0 aliphatic rings. The third-order valence-electron chi connectivity index (χ3n) is 4.41. The van der Waals surface area contributed by atoms with E-state index in [0.29, 0.717) is 6.42 Å². The van der Waals surface area contributed by atoms with E-state index in [1.807, 2.05) is 37.3 Å². The molecule has 2 rings (SSSR count). The number of carboxylic acids is 1. The predicted molar refractivity (Wildman–Crippen MR) is 97.0 cm³/mol. The zero-order valence-corrected chi connectivity index (χ0v) is 15.1. The maximum atomic E-state index is 11.8. The number of carbonyl (C=O) groups is 1. The van der Waals surface area contributed by atoms with Crippen LogP contribution in [0.4, 0.5) is 0 Å². The highest BCUT2D eigenvalue weighted by Crippen LogP contribution is 2.28. The lowest BCUT2D eigenvalue weighted by molar-refractivity contribution is -0.138. The van der Waals surface area contributed by atoms with Gasteiger partial charge in [-0.1, -0.05) is 51.1 Å². The van der Waals surface area contributed by atoms with Crippen molar-refractivity contribution in [2.45, 2.75) is 45.4 Å². The van der Waals surface area contributed by atoms with E-state index in [0.717, 1.165) is 22.4 Å². The van der Waals surface area contributed by atoms with Crippen LogP contribution in [0.1, 0.15) is 48.9 Å². The standard InChI is InChI=1S/C21H26O3/c1-14-12-17(24-5)10-11-18(14)19(20(22)23)13-15-6-8-16(9-7-15)21(2,3)4/h6-12,19H,13H2,1-5H3,(H,22,23). The molecule has 0 aromatic heterocycles. The average molecular weight is 326 g/mol. The molecule has 2 aromatic rings. The summed E-state index contributed by atoms with van der Waals surface area (Å²) in [6.07, 6.45) is 0.479. The number of methoxy groups -OCH3 is 1. The molecule has 1 N–H and O–H groups in total. The van der Waals surface area contributed by atoms with Crippen LogP contribution < -0.4 is 4.74 Å². The molecule has 0 saturated carbocycles. The Morgan fingerprint density at radius 1 is 1.12 bits per heavy atom. The van der Waals surface area contributed by atoms with E-state index in [-0.39, 0.29) is 5.41 Å². The fourth-order valence-electron chi connectivity index (χ4n) is 2.87. The van der Waals surface area contributed by atoms with Gasteiger partial charge in [0.05, 0.1) is 13.0 Å². The highest BCUT2D eigenvalue weighted by Gasteiger charge is 2.23. The van der Waals surface area contributed by atoms with Crippen LogP contribution in [0, 0.1) is 6.92 Å². The van der Waals surface area contributed by atoms with Crippen LogP contribution in [-0.4, -0.2) is 18.2 Å². The highest BCUT2D eigenvalue weighted by atomic mass is 16.5. The van der Waals surface area contributed by atoms with Crippen LogP contribution in [0.5, 0.6) is 5.75 Å². The van der Waals surface area contributed by atoms with E-state index >= 15 is 0 Å². The molecule has 0 aliphatic carbocycles. The minimum Gasteiger partial charge on any atom is -0.497 e. The molecule has 0 bridgehead atoms. The van der Waals surface area contributed by atoms with Crippen molar-refractivity contribution in [1.29, 1.82) is 0 Å². The second kappa shape index (κ2) is 7.08. The number of carboxylic acid groups (broad SMARTS) is 1. The fourth-order valence-corrected chi connectivity index (χ4v) is 2.87. The van der Waals surface area contributed by atoms with E-state index in [9.17, 15) is 9.90 Å². The van der Waals surface area contributed by atoms with Crippen LogP contribution in [-0.2, 0) is 16.6 Å². The Bertz CT molecular complexity index is 709. The van der Waals surface area contributed by atoms with E-state index in [1.54, 1.807) is 7.11 Å². The molecule has 3 heteroatoms. The van der Waals surface area contributed by atoms with Gasteiger partial charge in [-0.3, -0.25) is 4.79 Å². The molecular weight excluding hydrogens is 300 g/mol. The molecule has 0 amide bonds. The largest absolute Gasteiger partial charge is 0.497 e. The zero-order valence-electron chi connectivity index (χ0n) is 15.1. The Balaban J connectivity index is 2.28. The average Bonchev–Trinajstić information content (AvgIpc) is 2.52. The molecule has 1 atom stereocenters. The summed E-state index contributed by atoms with van der Waals surface area (Å²) < 4.78 is 5.21. The van der Waals surface area contributed by atoms with E-state index < -0.39 is 11.9 Å². The minimum atomic E-state index is -0.803. The Morgan fingerprint density at radius 3 is 2.21 bits per heavy atom. The lowest BCUT2D eigenvalue weighted by Crippen LogP contribution is -2.16. The Labute approximate surface area is 144 Å². The maximum absolute atomic E-state index is 11.8. The van der Waals surface area contributed by atoms with Gasteiger partial charge in [0.1, 0.15) is 5.75 Å². The van der Waals surface area contributed by atoms with Crippen molar-refractivity contribution < 1.29 is 14.6 Å². The van der Waals surface area contributed by atoms with Gasteiger partial charge in [-0.05, 0) is 53.1 Å². The first-order valence-corrected chi connectivity index (χ1v) is 8.19. The molecule has 0 fully saturated rings. The number of hydrogen-bond donors (Lipinski definition) is 1. The molecule has 0 heterocycles. The van der Waals surface area contributed by atoms with Crippen molar-refractivity contribution in [3.63, 3.8) is 0 Å². The number of benzene rings is 2. The summed E-state index contributed by atoms with van der Waals surface area (Å²) in [6, 6.07) is 13.8. The third-order valence-corrected chi connectivity index (χ3v) is 4.41. The summed E-state index contributed by atoms with van der Waals surface area (Å²) in [7, 11) is 1.61. The normalized spacial score (nSPS) is 12.7. The number of rotatable bonds is 5. The molecule has 0 radical (unpaired) electrons. The summed E-state index contributed by atoms with van der Waals surface area (Å²) in [5.41, 5.74) is 4.15. The van der Waals surface area contributed by atoms with Gasteiger partial charge in [0.15, 0.2) is 0 Å². The highest BCUT2D eigenvalue weighted by molar-refractivity contribution is 5.77. The van der Waals surface area contributed by atoms with Gasteiger partial charge in [0, 0.05) is 0 Å². The van der Waals surface area contributed by atoms with E-state index in [1.165, 1.54) is 5.56 Å². The molecule has 24 heavy (non-hydrogen) atoms. The van der Waals surface area contributed by atoms with Gasteiger partial charge in [0.2, 0.25) is 0 Å². The lowest BCUT2D eigenvalue weighted by Gasteiger charge is -2.20. The Kier molecular flexibility index (Phi) is 5.33. The molecule has 1 unspecified atom stereocenters. The van der Waals surface area contributed by atoms with Gasteiger partial charge in [0.25, 0.3) is 0 Å². The first kappa shape index (κ1) is 18.1. The molecule has 128 valence electrons. The van der Waals surface area contributed by atoms with Crippen LogP contribution in [0.25, 0.3) is 0 Å². The van der Waals surface area contributed by atoms with Crippen LogP contribution in [0.3, 0.4) is 0 Å². The van der Waals surface area contributed by atoms with Gasteiger partial charge >= 0.3 is 5.97 Å². The molecule has 3 nitrogen and oxygen atoms in total. The minimum absolute atomic E-state index is 0.0945. The van der Waals surface area contributed by atoms with Crippen molar-refractivity contribution in [2.24, 2.45) is 0 Å². The van der Waals surface area contributed by atoms with E-state index in [2.05, 4.69) is 32.9 Å². The molecular formula is C21H26O3. The van der Waals surface area contributed by atoms with Crippen LogP contribution in [0.2, 0.25) is 0 Å². The number of aryl methyl sites for hydroxylation is 1. The van der Waals surface area contributed by atoms with Gasteiger partial charge < -0.3 is 9.84 Å². The van der Waals surface area contributed by atoms with Crippen molar-refractivity contribution >= 4 is 5.97 Å². The predicted octanol–water partition coefficient (Wildman–Crippen LogP) is 4.71. The smallest absolute Gasteiger partial charge is 0.311 e. The van der Waals surface area contributed by atoms with Gasteiger partial charge in [-0.25, -0.2) is 0 Å². The first-order chi connectivity index (χ1) is 11.2. The Morgan fingerprint density at radius 2 is 1.75 bits per heavy atom. The lowest BCUT2D eigenvalue weighted by atomic mass is 9.85. The van der Waals surface area contributed by atoms with Crippen molar-refractivity contribution in [3.05, 3.63) is 64.7 Å². The van der Waals surface area contributed by atoms with Gasteiger partial charge in [-0.15, -0.1) is 0 Å². The fraction of sp³-hybridized carbons (Fsp3) is 0.381. The van der Waals surface area contributed by atoms with Crippen LogP contribution in [0.15, 0.2) is 42.5 Å². The summed E-state index contributed by atoms with van der Waals surface area (Å²) in [4.78, 5) is 11.8. The van der Waals surface area contributed by atoms with Gasteiger partial charge in [-0.2, -0.15) is 0 Å². The second-order valence-corrected chi connectivity index (χ2v) is 7.26. The number of hydrogen-bond acceptors (Lipinski definition) is 2. The number of ether oxygens (including phenoxy) is 1. The maximum Gasteiger partial charge on any atom is 0.311 e. The van der Waals surface area contributed by atoms with E-state index in [4.69, 9.17) is 4.74 Å². The first-order valence-electron chi connectivity index (χ1n) is 8.19. The van der Waals surface area contributed by atoms with Crippen LogP contribution >= 0.6 is 0 Å². The quantitative estimate of drug-likeness (QED) is 0.865. The summed E-state index contributed by atoms with van der Waals surface area (Å²) in [6.45, 7) is 8.44. The molecule has 0 spiro atoms. The van der Waals surface area contributed by atoms with Crippen molar-refractivity contribution in [3.8, 4) is 5.75 Å². The second-order valence-electron chi connectivity index (χ2n) is 7.26. The monoisotopic (exact) mass is 326 g/mol. The SMILES string of the molecule is COc1ccc(C(Cc2ccc(C(C)(C)C)cc2)C(=O)O)c(C)c1. The summed E-state index contributed by atoms with van der Waals surface area (Å²) >= 11 is 0. The summed E-state index contributed by atoms with van der Waals surface area (Å²) in [5.74, 6) is -0.616. The number of aliphatic carboxylic acids is 1. The summed E-state index contributed by atoms with van der Waals surface area (Å²) in [5, 5.41) is 9.69. The Hall–Kier alpha value is -2.29. The zero-order chi connectivity index (χ0) is 17.9. The van der Waals surface area contributed by atoms with Crippen molar-refractivity contribution in [2.75, 3.05) is 7.11 Å². The van der Waals surface area contributed by atoms with Crippen molar-refractivity contribution in [1.82, 2.24) is 0 Å². The molecule has 0 aliphatic heterocycles. The molecule has 2 aromatic carbocycles. The third kappa shape index (κ3) is 4.16. The topological polar surface area (TPSA) is 46.5 Å².